The van der Waals surface area contributed by atoms with Gasteiger partial charge in [0.2, 0.25) is 0 Å². The first-order valence-electron chi connectivity index (χ1n) is 8.34. The smallest absolute Gasteiger partial charge is 0.410 e. The minimum atomic E-state index is -0.409. The van der Waals surface area contributed by atoms with Gasteiger partial charge in [-0.05, 0) is 58.3 Å². The summed E-state index contributed by atoms with van der Waals surface area (Å²) in [5, 5.41) is 3.68. The first kappa shape index (κ1) is 14.9. The molecule has 0 bridgehead atoms. The number of likely N-dealkylation sites (tertiary alicyclic amines) is 1. The van der Waals surface area contributed by atoms with Crippen molar-refractivity contribution in [2.45, 2.75) is 64.1 Å². The Morgan fingerprint density at radius 2 is 2.24 bits per heavy atom. The van der Waals surface area contributed by atoms with Crippen molar-refractivity contribution in [2.24, 2.45) is 11.8 Å². The number of hydrogen-bond donors (Lipinski definition) is 1. The molecule has 4 heteroatoms. The van der Waals surface area contributed by atoms with Gasteiger partial charge in [-0.3, -0.25) is 0 Å². The van der Waals surface area contributed by atoms with Gasteiger partial charge in [0.25, 0.3) is 0 Å². The minimum Gasteiger partial charge on any atom is -0.444 e. The van der Waals surface area contributed by atoms with Crippen LogP contribution < -0.4 is 5.32 Å². The van der Waals surface area contributed by atoms with E-state index in [1.165, 1.54) is 12.8 Å². The molecule has 2 fully saturated rings. The summed E-state index contributed by atoms with van der Waals surface area (Å²) in [6.07, 6.45) is 9.25. The molecule has 0 aromatic carbocycles. The van der Waals surface area contributed by atoms with Crippen LogP contribution in [0.5, 0.6) is 0 Å². The molecular formula is C17H28N2O2. The van der Waals surface area contributed by atoms with Crippen molar-refractivity contribution in [3.8, 4) is 0 Å². The van der Waals surface area contributed by atoms with Crippen LogP contribution in [0, 0.1) is 11.8 Å². The number of nitrogens with one attached hydrogen (secondary N) is 1. The van der Waals surface area contributed by atoms with Gasteiger partial charge in [0, 0.05) is 25.2 Å². The highest BCUT2D eigenvalue weighted by atomic mass is 16.6. The highest BCUT2D eigenvalue weighted by Crippen LogP contribution is 2.42. The highest BCUT2D eigenvalue weighted by Gasteiger charge is 2.41. The van der Waals surface area contributed by atoms with Gasteiger partial charge < -0.3 is 15.0 Å². The number of allylic oxidation sites excluding steroid dienone is 1. The summed E-state index contributed by atoms with van der Waals surface area (Å²) >= 11 is 0. The number of carbonyl (C=O) groups excluding carboxylic acids is 1. The van der Waals surface area contributed by atoms with Gasteiger partial charge in [0.1, 0.15) is 5.60 Å². The van der Waals surface area contributed by atoms with E-state index in [1.807, 2.05) is 25.7 Å². The number of hydrogen-bond acceptors (Lipinski definition) is 3. The Balaban J connectivity index is 1.48. The molecule has 1 amide bonds. The van der Waals surface area contributed by atoms with Crippen molar-refractivity contribution in [3.05, 3.63) is 12.2 Å². The number of carbonyl (C=O) groups is 1. The fraction of sp³-hybridized carbons (Fsp3) is 0.824. The third kappa shape index (κ3) is 3.25. The molecule has 0 spiro atoms. The molecular weight excluding hydrogens is 264 g/mol. The predicted octanol–water partition coefficient (Wildman–Crippen LogP) is 2.94. The molecule has 4 atom stereocenters. The Labute approximate surface area is 127 Å². The molecule has 1 N–H and O–H groups in total. The van der Waals surface area contributed by atoms with Gasteiger partial charge in [-0.1, -0.05) is 12.2 Å². The van der Waals surface area contributed by atoms with Gasteiger partial charge in [0.15, 0.2) is 0 Å². The average molecular weight is 292 g/mol. The number of rotatable bonds is 3. The molecule has 118 valence electrons. The quantitative estimate of drug-likeness (QED) is 0.813. The monoisotopic (exact) mass is 292 g/mol. The van der Waals surface area contributed by atoms with Crippen LogP contribution in [0.1, 0.15) is 46.5 Å². The van der Waals surface area contributed by atoms with Gasteiger partial charge in [0.05, 0.1) is 0 Å². The lowest BCUT2D eigenvalue weighted by Gasteiger charge is -2.41. The summed E-state index contributed by atoms with van der Waals surface area (Å²) in [7, 11) is 0. The summed E-state index contributed by atoms with van der Waals surface area (Å²) in [5.41, 5.74) is -0.409. The predicted molar refractivity (Wildman–Crippen MR) is 83.1 cm³/mol. The van der Waals surface area contributed by atoms with E-state index < -0.39 is 5.60 Å². The largest absolute Gasteiger partial charge is 0.444 e. The SMILES string of the molecule is CC(C)(C)OC(=O)N1CCCC1CNC1CC2CC=CC21. The third-order valence-electron chi connectivity index (χ3n) is 4.98. The summed E-state index contributed by atoms with van der Waals surface area (Å²) in [5.74, 6) is 1.62. The zero-order valence-electron chi connectivity index (χ0n) is 13.5. The summed E-state index contributed by atoms with van der Waals surface area (Å²) in [6.45, 7) is 7.51. The van der Waals surface area contributed by atoms with Crippen LogP contribution in [0.3, 0.4) is 0 Å². The first-order valence-corrected chi connectivity index (χ1v) is 8.34. The first-order chi connectivity index (χ1) is 9.94. The second kappa shape index (κ2) is 5.64. The number of amides is 1. The maximum atomic E-state index is 12.2. The van der Waals surface area contributed by atoms with E-state index in [-0.39, 0.29) is 6.09 Å². The van der Waals surface area contributed by atoms with Gasteiger partial charge in [-0.25, -0.2) is 4.79 Å². The van der Waals surface area contributed by atoms with E-state index in [1.54, 1.807) is 0 Å². The van der Waals surface area contributed by atoms with Crippen LogP contribution in [0.15, 0.2) is 12.2 Å². The normalized spacial score (nSPS) is 34.7. The fourth-order valence-electron chi connectivity index (χ4n) is 3.84. The maximum Gasteiger partial charge on any atom is 0.410 e. The fourth-order valence-corrected chi connectivity index (χ4v) is 3.84. The number of fused-ring (bicyclic) bond motifs is 1. The van der Waals surface area contributed by atoms with E-state index in [2.05, 4.69) is 17.5 Å². The molecule has 0 aromatic heterocycles. The van der Waals surface area contributed by atoms with Crippen molar-refractivity contribution < 1.29 is 9.53 Å². The summed E-state index contributed by atoms with van der Waals surface area (Å²) in [6, 6.07) is 0.916. The molecule has 4 nitrogen and oxygen atoms in total. The third-order valence-corrected chi connectivity index (χ3v) is 4.98. The summed E-state index contributed by atoms with van der Waals surface area (Å²) < 4.78 is 5.52. The Morgan fingerprint density at radius 1 is 1.43 bits per heavy atom. The van der Waals surface area contributed by atoms with Crippen molar-refractivity contribution in [2.75, 3.05) is 13.1 Å². The van der Waals surface area contributed by atoms with E-state index >= 15 is 0 Å². The zero-order chi connectivity index (χ0) is 15.0. The highest BCUT2D eigenvalue weighted by molar-refractivity contribution is 5.69. The van der Waals surface area contributed by atoms with Crippen LogP contribution in [-0.4, -0.2) is 41.8 Å². The van der Waals surface area contributed by atoms with Crippen LogP contribution in [-0.2, 0) is 4.74 Å². The molecule has 1 heterocycles. The molecule has 1 saturated heterocycles. The van der Waals surface area contributed by atoms with Crippen LogP contribution in [0.4, 0.5) is 4.79 Å². The Morgan fingerprint density at radius 3 is 2.95 bits per heavy atom. The molecule has 21 heavy (non-hydrogen) atoms. The minimum absolute atomic E-state index is 0.154. The van der Waals surface area contributed by atoms with Crippen LogP contribution in [0.25, 0.3) is 0 Å². The van der Waals surface area contributed by atoms with Crippen LogP contribution >= 0.6 is 0 Å². The van der Waals surface area contributed by atoms with E-state index in [4.69, 9.17) is 4.74 Å². The van der Waals surface area contributed by atoms with E-state index in [9.17, 15) is 4.79 Å². The van der Waals surface area contributed by atoms with Gasteiger partial charge >= 0.3 is 6.09 Å². The molecule has 1 saturated carbocycles. The molecule has 0 radical (unpaired) electrons. The number of nitrogens with zero attached hydrogens (tertiary/aromatic N) is 1. The Bertz CT molecular complexity index is 427. The Kier molecular flexibility index (Phi) is 4.00. The second-order valence-electron chi connectivity index (χ2n) is 7.72. The van der Waals surface area contributed by atoms with Gasteiger partial charge in [-0.15, -0.1) is 0 Å². The molecule has 2 aliphatic carbocycles. The summed E-state index contributed by atoms with van der Waals surface area (Å²) in [4.78, 5) is 14.2. The molecule has 4 unspecified atom stereocenters. The van der Waals surface area contributed by atoms with Gasteiger partial charge in [-0.2, -0.15) is 0 Å². The number of ether oxygens (including phenoxy) is 1. The molecule has 0 aromatic rings. The van der Waals surface area contributed by atoms with Crippen LogP contribution in [0.2, 0.25) is 0 Å². The molecule has 3 aliphatic rings. The van der Waals surface area contributed by atoms with E-state index in [0.717, 1.165) is 37.8 Å². The van der Waals surface area contributed by atoms with Crippen molar-refractivity contribution >= 4 is 6.09 Å². The Hall–Kier alpha value is -1.03. The standard InChI is InChI=1S/C17H28N2O2/c1-17(2,3)21-16(20)19-9-5-7-13(19)11-18-15-10-12-6-4-8-14(12)15/h4,8,12-15,18H,5-7,9-11H2,1-3H3. The topological polar surface area (TPSA) is 41.6 Å². The van der Waals surface area contributed by atoms with E-state index in [0.29, 0.717) is 12.1 Å². The van der Waals surface area contributed by atoms with Crippen molar-refractivity contribution in [1.29, 1.82) is 0 Å². The van der Waals surface area contributed by atoms with Crippen molar-refractivity contribution in [3.63, 3.8) is 0 Å². The lowest BCUT2D eigenvalue weighted by molar-refractivity contribution is 0.0217. The lowest BCUT2D eigenvalue weighted by Crippen LogP contribution is -2.52. The average Bonchev–Trinajstić information content (AvgIpc) is 2.95. The zero-order valence-corrected chi connectivity index (χ0v) is 13.5. The molecule has 3 rings (SSSR count). The second-order valence-corrected chi connectivity index (χ2v) is 7.72. The molecule has 1 aliphatic heterocycles. The lowest BCUT2D eigenvalue weighted by atomic mass is 9.71. The van der Waals surface area contributed by atoms with Crippen molar-refractivity contribution in [1.82, 2.24) is 10.2 Å². The maximum absolute atomic E-state index is 12.2.